The Hall–Kier alpha value is -4.59. The van der Waals surface area contributed by atoms with Gasteiger partial charge in [0.15, 0.2) is 0 Å². The summed E-state index contributed by atoms with van der Waals surface area (Å²) in [6.45, 7) is 2.04. The van der Waals surface area contributed by atoms with Gasteiger partial charge in [-0.2, -0.15) is 5.10 Å². The number of ether oxygens (including phenoxy) is 3. The average molecular weight is 484 g/mol. The lowest BCUT2D eigenvalue weighted by Gasteiger charge is -2.28. The van der Waals surface area contributed by atoms with E-state index < -0.39 is 12.0 Å². The highest BCUT2D eigenvalue weighted by atomic mass is 16.5. The molecular weight excluding hydrogens is 458 g/mol. The summed E-state index contributed by atoms with van der Waals surface area (Å²) in [6, 6.07) is 21.5. The molecule has 5 rings (SSSR count). The third kappa shape index (κ3) is 3.86. The Morgan fingerprint density at radius 2 is 1.75 bits per heavy atom. The molecule has 2 heterocycles. The number of benzene rings is 3. The number of nitrogens with one attached hydrogen (secondary N) is 1. The lowest BCUT2D eigenvalue weighted by Crippen LogP contribution is -2.29. The van der Waals surface area contributed by atoms with Crippen LogP contribution in [0.3, 0.4) is 0 Å². The summed E-state index contributed by atoms with van der Waals surface area (Å²) in [5.41, 5.74) is 4.55. The number of carbonyl (C=O) groups excluding carboxylic acids is 2. The quantitative estimate of drug-likeness (QED) is 0.371. The molecule has 0 aliphatic carbocycles. The summed E-state index contributed by atoms with van der Waals surface area (Å²) in [5.74, 6) is 0.576. The topological polar surface area (TPSA) is 93.8 Å². The lowest BCUT2D eigenvalue weighted by molar-refractivity contribution is 0.0526. The number of nitrogens with zero attached hydrogens (tertiary/aromatic N) is 2. The van der Waals surface area contributed by atoms with E-state index in [4.69, 9.17) is 14.2 Å². The van der Waals surface area contributed by atoms with Crippen molar-refractivity contribution in [2.75, 3.05) is 25.7 Å². The smallest absolute Gasteiger partial charge is 0.338 e. The minimum absolute atomic E-state index is 0.230. The van der Waals surface area contributed by atoms with E-state index in [1.807, 2.05) is 42.5 Å². The van der Waals surface area contributed by atoms with Gasteiger partial charge in [-0.05, 0) is 43.3 Å². The van der Waals surface area contributed by atoms with E-state index in [1.165, 1.54) is 0 Å². The van der Waals surface area contributed by atoms with Crippen LogP contribution >= 0.6 is 0 Å². The van der Waals surface area contributed by atoms with Gasteiger partial charge in [0.2, 0.25) is 0 Å². The number of H-pyrrole nitrogens is 1. The van der Waals surface area contributed by atoms with Crippen molar-refractivity contribution < 1.29 is 23.8 Å². The highest BCUT2D eigenvalue weighted by Crippen LogP contribution is 2.47. The second-order valence-electron chi connectivity index (χ2n) is 8.18. The van der Waals surface area contributed by atoms with Gasteiger partial charge in [-0.15, -0.1) is 0 Å². The summed E-state index contributed by atoms with van der Waals surface area (Å²) in [4.78, 5) is 27.6. The summed E-state index contributed by atoms with van der Waals surface area (Å²) < 4.78 is 16.2. The Kier molecular flexibility index (Phi) is 6.16. The number of fused-ring (bicyclic) bond motifs is 1. The highest BCUT2D eigenvalue weighted by Gasteiger charge is 2.44. The van der Waals surface area contributed by atoms with Gasteiger partial charge < -0.3 is 14.2 Å². The number of carbonyl (C=O) groups is 2. The third-order valence-corrected chi connectivity index (χ3v) is 6.21. The van der Waals surface area contributed by atoms with Crippen LogP contribution in [0.1, 0.15) is 44.9 Å². The number of rotatable bonds is 7. The van der Waals surface area contributed by atoms with Crippen molar-refractivity contribution in [3.63, 3.8) is 0 Å². The lowest BCUT2D eigenvalue weighted by atomic mass is 9.95. The fourth-order valence-corrected chi connectivity index (χ4v) is 4.54. The van der Waals surface area contributed by atoms with Gasteiger partial charge in [-0.1, -0.05) is 30.3 Å². The van der Waals surface area contributed by atoms with E-state index >= 15 is 0 Å². The van der Waals surface area contributed by atoms with Crippen LogP contribution in [0, 0.1) is 0 Å². The summed E-state index contributed by atoms with van der Waals surface area (Å²) in [7, 11) is 3.18. The van der Waals surface area contributed by atoms with Crippen LogP contribution in [0.2, 0.25) is 0 Å². The molecule has 1 unspecified atom stereocenters. The molecule has 4 aromatic rings. The molecule has 3 aromatic carbocycles. The van der Waals surface area contributed by atoms with Gasteiger partial charge >= 0.3 is 5.97 Å². The van der Waals surface area contributed by atoms with E-state index in [-0.39, 0.29) is 12.5 Å². The van der Waals surface area contributed by atoms with Crippen LogP contribution < -0.4 is 14.4 Å². The Balaban J connectivity index is 1.68. The van der Waals surface area contributed by atoms with Gasteiger partial charge in [0.25, 0.3) is 5.91 Å². The molecule has 1 N–H and O–H groups in total. The Labute approximate surface area is 208 Å². The van der Waals surface area contributed by atoms with E-state index in [0.29, 0.717) is 34.1 Å². The van der Waals surface area contributed by atoms with Crippen molar-refractivity contribution in [1.82, 2.24) is 10.2 Å². The van der Waals surface area contributed by atoms with Crippen molar-refractivity contribution in [3.05, 3.63) is 95.2 Å². The molecule has 1 aliphatic rings. The predicted molar refractivity (Wildman–Crippen MR) is 135 cm³/mol. The van der Waals surface area contributed by atoms with Crippen LogP contribution in [0.5, 0.6) is 11.5 Å². The number of methoxy groups -OCH3 is 2. The number of hydrogen-bond donors (Lipinski definition) is 1. The van der Waals surface area contributed by atoms with Crippen molar-refractivity contribution in [1.29, 1.82) is 0 Å². The number of aromatic nitrogens is 2. The number of amides is 1. The molecule has 1 atom stereocenters. The standard InChI is InChI=1S/C28H25N3O5/c1-4-36-28(33)18-10-12-19(13-11-18)31-26(21-15-14-20(34-2)16-22(21)35-3)23-24(17-8-6-5-7-9-17)29-30-25(23)27(31)32/h5-16,26H,4H2,1-3H3,(H,29,30). The van der Waals surface area contributed by atoms with Crippen LogP contribution in [-0.4, -0.2) is 42.9 Å². The molecule has 1 aromatic heterocycles. The Bertz CT molecular complexity index is 1410. The summed E-state index contributed by atoms with van der Waals surface area (Å²) in [6.07, 6.45) is 0. The number of anilines is 1. The van der Waals surface area contributed by atoms with Gasteiger partial charge in [0.1, 0.15) is 17.2 Å². The van der Waals surface area contributed by atoms with Crippen LogP contribution in [-0.2, 0) is 4.74 Å². The zero-order valence-electron chi connectivity index (χ0n) is 20.1. The molecule has 8 heteroatoms. The van der Waals surface area contributed by atoms with E-state index in [1.54, 1.807) is 56.4 Å². The van der Waals surface area contributed by atoms with E-state index in [2.05, 4.69) is 10.2 Å². The summed E-state index contributed by atoms with van der Waals surface area (Å²) >= 11 is 0. The van der Waals surface area contributed by atoms with Gasteiger partial charge in [0.05, 0.1) is 38.1 Å². The number of hydrogen-bond acceptors (Lipinski definition) is 6. The molecule has 0 saturated heterocycles. The largest absolute Gasteiger partial charge is 0.497 e. The van der Waals surface area contributed by atoms with Crippen molar-refractivity contribution >= 4 is 17.6 Å². The molecule has 8 nitrogen and oxygen atoms in total. The molecule has 36 heavy (non-hydrogen) atoms. The van der Waals surface area contributed by atoms with Crippen molar-refractivity contribution in [3.8, 4) is 22.8 Å². The first-order chi connectivity index (χ1) is 17.6. The zero-order chi connectivity index (χ0) is 25.2. The third-order valence-electron chi connectivity index (χ3n) is 6.21. The highest BCUT2D eigenvalue weighted by molar-refractivity contribution is 6.12. The molecule has 1 amide bonds. The Morgan fingerprint density at radius 1 is 1.00 bits per heavy atom. The molecule has 0 spiro atoms. The molecule has 0 saturated carbocycles. The second-order valence-corrected chi connectivity index (χ2v) is 8.18. The Morgan fingerprint density at radius 3 is 2.42 bits per heavy atom. The normalized spacial score (nSPS) is 14.5. The van der Waals surface area contributed by atoms with Crippen LogP contribution in [0.15, 0.2) is 72.8 Å². The first kappa shape index (κ1) is 23.2. The predicted octanol–water partition coefficient (Wildman–Crippen LogP) is 5.02. The number of aromatic amines is 1. The fraction of sp³-hybridized carbons (Fsp3) is 0.179. The van der Waals surface area contributed by atoms with Crippen LogP contribution in [0.4, 0.5) is 5.69 Å². The molecule has 182 valence electrons. The van der Waals surface area contributed by atoms with Gasteiger partial charge in [-0.25, -0.2) is 4.79 Å². The average Bonchev–Trinajstić information content (AvgIpc) is 3.48. The van der Waals surface area contributed by atoms with Crippen molar-refractivity contribution in [2.45, 2.75) is 13.0 Å². The number of esters is 1. The second kappa shape index (κ2) is 9.58. The van der Waals surface area contributed by atoms with Crippen molar-refractivity contribution in [2.24, 2.45) is 0 Å². The minimum Gasteiger partial charge on any atom is -0.497 e. The zero-order valence-corrected chi connectivity index (χ0v) is 20.1. The van der Waals surface area contributed by atoms with E-state index in [9.17, 15) is 9.59 Å². The van der Waals surface area contributed by atoms with Gasteiger partial charge in [-0.3, -0.25) is 14.8 Å². The monoisotopic (exact) mass is 483 g/mol. The SMILES string of the molecule is CCOC(=O)c1ccc(N2C(=O)c3[nH]nc(-c4ccccc4)c3C2c2ccc(OC)cc2OC)cc1. The molecule has 0 radical (unpaired) electrons. The minimum atomic E-state index is -0.532. The van der Waals surface area contributed by atoms with Crippen LogP contribution in [0.25, 0.3) is 11.3 Å². The van der Waals surface area contributed by atoms with E-state index in [0.717, 1.165) is 16.7 Å². The molecule has 1 aliphatic heterocycles. The molecule has 0 bridgehead atoms. The maximum absolute atomic E-state index is 13.8. The van der Waals surface area contributed by atoms with Gasteiger partial charge in [0, 0.05) is 28.4 Å². The molecule has 0 fully saturated rings. The summed E-state index contributed by atoms with van der Waals surface area (Å²) in [5, 5.41) is 7.47. The first-order valence-electron chi connectivity index (χ1n) is 11.5. The maximum Gasteiger partial charge on any atom is 0.338 e. The fourth-order valence-electron chi connectivity index (χ4n) is 4.54. The molecular formula is C28H25N3O5. The first-order valence-corrected chi connectivity index (χ1v) is 11.5. The maximum atomic E-state index is 13.8.